The molecule has 0 atom stereocenters. The molecule has 3 aromatic rings. The fraction of sp³-hybridized carbons (Fsp3) is 0.0800. The van der Waals surface area contributed by atoms with Crippen LogP contribution >= 0.6 is 11.8 Å². The molecule has 0 unspecified atom stereocenters. The molecule has 176 valence electrons. The molecule has 1 aliphatic heterocycles. The predicted octanol–water partition coefficient (Wildman–Crippen LogP) is 5.06. The van der Waals surface area contributed by atoms with Gasteiger partial charge in [0, 0.05) is 17.7 Å². The monoisotopic (exact) mass is 490 g/mol. The Balaban J connectivity index is 1.51. The Morgan fingerprint density at radius 2 is 1.71 bits per heavy atom. The van der Waals surface area contributed by atoms with Gasteiger partial charge in [-0.1, -0.05) is 30.3 Å². The Kier molecular flexibility index (Phi) is 6.93. The molecule has 0 aliphatic carbocycles. The number of nitro benzene ring substituents is 1. The van der Waals surface area contributed by atoms with Gasteiger partial charge >= 0.3 is 5.97 Å². The average Bonchev–Trinajstić information content (AvgIpc) is 3.12. The standard InChI is InChI=1S/C25H18N2O7S/c1-33-20-12-8-17(9-13-20)24(29)34-21-5-3-2-4-18(21)14-22-23(28)26(25(30)35-22)15-16-6-10-19(11-7-16)27(31)32/h2-14H,15H2,1H3/b22-14-. The first-order valence-electron chi connectivity index (χ1n) is 10.3. The van der Waals surface area contributed by atoms with Crippen molar-refractivity contribution in [1.82, 2.24) is 4.90 Å². The summed E-state index contributed by atoms with van der Waals surface area (Å²) in [5.41, 5.74) is 1.27. The van der Waals surface area contributed by atoms with E-state index in [1.54, 1.807) is 48.5 Å². The van der Waals surface area contributed by atoms with Gasteiger partial charge in [-0.15, -0.1) is 0 Å². The van der Waals surface area contributed by atoms with Crippen LogP contribution in [0.5, 0.6) is 11.5 Å². The minimum Gasteiger partial charge on any atom is -0.497 e. The number of nitro groups is 1. The first-order valence-corrected chi connectivity index (χ1v) is 11.1. The van der Waals surface area contributed by atoms with E-state index in [0.717, 1.165) is 16.7 Å². The number of hydrogen-bond donors (Lipinski definition) is 0. The molecule has 0 bridgehead atoms. The molecule has 1 fully saturated rings. The summed E-state index contributed by atoms with van der Waals surface area (Å²) < 4.78 is 10.6. The highest BCUT2D eigenvalue weighted by Gasteiger charge is 2.35. The van der Waals surface area contributed by atoms with E-state index in [2.05, 4.69) is 0 Å². The second-order valence-electron chi connectivity index (χ2n) is 7.35. The molecule has 0 radical (unpaired) electrons. The van der Waals surface area contributed by atoms with E-state index >= 15 is 0 Å². The van der Waals surface area contributed by atoms with E-state index in [0.29, 0.717) is 22.4 Å². The van der Waals surface area contributed by atoms with E-state index < -0.39 is 22.0 Å². The normalized spacial score (nSPS) is 14.3. The Hall–Kier alpha value is -4.44. The van der Waals surface area contributed by atoms with Crippen molar-refractivity contribution >= 4 is 40.6 Å². The van der Waals surface area contributed by atoms with Crippen LogP contribution in [-0.4, -0.2) is 34.0 Å². The average molecular weight is 490 g/mol. The summed E-state index contributed by atoms with van der Waals surface area (Å²) >= 11 is 0.768. The highest BCUT2D eigenvalue weighted by Crippen LogP contribution is 2.35. The van der Waals surface area contributed by atoms with Crippen molar-refractivity contribution in [1.29, 1.82) is 0 Å². The Labute approximate surface area is 204 Å². The Bertz CT molecular complexity index is 1330. The highest BCUT2D eigenvalue weighted by atomic mass is 32.2. The molecule has 35 heavy (non-hydrogen) atoms. The maximum atomic E-state index is 12.9. The summed E-state index contributed by atoms with van der Waals surface area (Å²) in [6.07, 6.45) is 1.50. The molecule has 4 rings (SSSR count). The van der Waals surface area contributed by atoms with Crippen molar-refractivity contribution in [3.63, 3.8) is 0 Å². The summed E-state index contributed by atoms with van der Waals surface area (Å²) in [4.78, 5) is 49.5. The number of carbonyl (C=O) groups is 3. The number of esters is 1. The number of benzene rings is 3. The minimum atomic E-state index is -0.584. The first kappa shape index (κ1) is 23.7. The van der Waals surface area contributed by atoms with E-state index in [-0.39, 0.29) is 22.9 Å². The van der Waals surface area contributed by atoms with E-state index in [1.165, 1.54) is 37.5 Å². The van der Waals surface area contributed by atoms with Crippen LogP contribution < -0.4 is 9.47 Å². The SMILES string of the molecule is COc1ccc(C(=O)Oc2ccccc2/C=C2\SC(=O)N(Cc3ccc([N+](=O)[O-])cc3)C2=O)cc1. The molecule has 0 N–H and O–H groups in total. The lowest BCUT2D eigenvalue weighted by molar-refractivity contribution is -0.384. The fourth-order valence-electron chi connectivity index (χ4n) is 3.26. The third kappa shape index (κ3) is 5.39. The van der Waals surface area contributed by atoms with Crippen LogP contribution in [0.2, 0.25) is 0 Å². The second-order valence-corrected chi connectivity index (χ2v) is 8.34. The molecular formula is C25H18N2O7S. The lowest BCUT2D eigenvalue weighted by Crippen LogP contribution is -2.27. The van der Waals surface area contributed by atoms with Gasteiger partial charge in [0.15, 0.2) is 0 Å². The lowest BCUT2D eigenvalue weighted by Gasteiger charge is -2.12. The number of methoxy groups -OCH3 is 1. The molecule has 0 aromatic heterocycles. The predicted molar refractivity (Wildman–Crippen MR) is 129 cm³/mol. The molecule has 2 amide bonds. The van der Waals surface area contributed by atoms with Crippen molar-refractivity contribution in [2.75, 3.05) is 7.11 Å². The molecule has 1 saturated heterocycles. The zero-order valence-electron chi connectivity index (χ0n) is 18.4. The number of carbonyl (C=O) groups excluding carboxylic acids is 3. The van der Waals surface area contributed by atoms with Crippen LogP contribution in [0.25, 0.3) is 6.08 Å². The van der Waals surface area contributed by atoms with Crippen LogP contribution in [0.15, 0.2) is 77.7 Å². The molecule has 9 nitrogen and oxygen atoms in total. The summed E-state index contributed by atoms with van der Waals surface area (Å²) in [6.45, 7) is -0.0197. The molecule has 3 aromatic carbocycles. The van der Waals surface area contributed by atoms with Crippen molar-refractivity contribution in [3.05, 3.63) is 105 Å². The van der Waals surface area contributed by atoms with Crippen molar-refractivity contribution in [2.45, 2.75) is 6.54 Å². The number of ether oxygens (including phenoxy) is 2. The molecule has 1 heterocycles. The van der Waals surface area contributed by atoms with Crippen molar-refractivity contribution < 1.29 is 28.8 Å². The van der Waals surface area contributed by atoms with E-state index in [4.69, 9.17) is 9.47 Å². The van der Waals surface area contributed by atoms with Crippen molar-refractivity contribution in [3.8, 4) is 11.5 Å². The lowest BCUT2D eigenvalue weighted by atomic mass is 10.1. The number of amides is 2. The zero-order valence-corrected chi connectivity index (χ0v) is 19.2. The number of non-ortho nitro benzene ring substituents is 1. The summed E-state index contributed by atoms with van der Waals surface area (Å²) in [7, 11) is 1.52. The van der Waals surface area contributed by atoms with Crippen LogP contribution in [0.4, 0.5) is 10.5 Å². The first-order chi connectivity index (χ1) is 16.9. The quantitative estimate of drug-likeness (QED) is 0.148. The van der Waals surface area contributed by atoms with Gasteiger partial charge in [-0.25, -0.2) is 4.79 Å². The molecular weight excluding hydrogens is 472 g/mol. The maximum Gasteiger partial charge on any atom is 0.343 e. The molecule has 0 saturated carbocycles. The molecule has 0 spiro atoms. The van der Waals surface area contributed by atoms with Crippen LogP contribution in [0.3, 0.4) is 0 Å². The Morgan fingerprint density at radius 3 is 2.37 bits per heavy atom. The zero-order chi connectivity index (χ0) is 24.9. The van der Waals surface area contributed by atoms with Crippen molar-refractivity contribution in [2.24, 2.45) is 0 Å². The third-order valence-corrected chi connectivity index (χ3v) is 6.00. The fourth-order valence-corrected chi connectivity index (χ4v) is 4.09. The van der Waals surface area contributed by atoms with Gasteiger partial charge in [-0.2, -0.15) is 0 Å². The topological polar surface area (TPSA) is 116 Å². The van der Waals surface area contributed by atoms with Crippen LogP contribution in [0.1, 0.15) is 21.5 Å². The number of imide groups is 1. The smallest absolute Gasteiger partial charge is 0.343 e. The summed E-state index contributed by atoms with van der Waals surface area (Å²) in [5.74, 6) is -0.253. The second kappa shape index (κ2) is 10.2. The largest absolute Gasteiger partial charge is 0.497 e. The number of para-hydroxylation sites is 1. The van der Waals surface area contributed by atoms with Gasteiger partial charge in [0.2, 0.25) is 0 Å². The highest BCUT2D eigenvalue weighted by molar-refractivity contribution is 8.18. The van der Waals surface area contributed by atoms with Crippen LogP contribution in [0, 0.1) is 10.1 Å². The van der Waals surface area contributed by atoms with Gasteiger partial charge < -0.3 is 9.47 Å². The van der Waals surface area contributed by atoms with Gasteiger partial charge in [-0.3, -0.25) is 24.6 Å². The molecule has 1 aliphatic rings. The van der Waals surface area contributed by atoms with E-state index in [1.807, 2.05) is 0 Å². The number of nitrogens with zero attached hydrogens (tertiary/aromatic N) is 2. The Morgan fingerprint density at radius 1 is 1.03 bits per heavy atom. The van der Waals surface area contributed by atoms with Gasteiger partial charge in [0.05, 0.1) is 29.0 Å². The van der Waals surface area contributed by atoms with E-state index in [9.17, 15) is 24.5 Å². The minimum absolute atomic E-state index is 0.0197. The summed E-state index contributed by atoms with van der Waals surface area (Å²) in [6, 6.07) is 18.7. The third-order valence-electron chi connectivity index (χ3n) is 5.10. The van der Waals surface area contributed by atoms with Gasteiger partial charge in [0.1, 0.15) is 11.5 Å². The number of hydrogen-bond acceptors (Lipinski definition) is 8. The van der Waals surface area contributed by atoms with Gasteiger partial charge in [-0.05, 0) is 53.7 Å². The summed E-state index contributed by atoms with van der Waals surface area (Å²) in [5, 5.41) is 10.4. The number of thioether (sulfide) groups is 1. The van der Waals surface area contributed by atoms with Gasteiger partial charge in [0.25, 0.3) is 16.8 Å². The van der Waals surface area contributed by atoms with Crippen LogP contribution in [-0.2, 0) is 11.3 Å². The molecule has 10 heteroatoms. The maximum absolute atomic E-state index is 12.9. The number of rotatable bonds is 7.